The average Bonchev–Trinajstić information content (AvgIpc) is 3.01. The van der Waals surface area contributed by atoms with Crippen molar-refractivity contribution in [1.29, 1.82) is 0 Å². The van der Waals surface area contributed by atoms with E-state index in [0.29, 0.717) is 36.2 Å². The molecule has 1 unspecified atom stereocenters. The van der Waals surface area contributed by atoms with Gasteiger partial charge in [-0.05, 0) is 23.1 Å². The molecule has 3 rings (SSSR count). The van der Waals surface area contributed by atoms with Crippen molar-refractivity contribution in [2.45, 2.75) is 33.4 Å². The summed E-state index contributed by atoms with van der Waals surface area (Å²) in [5, 5.41) is 15.0. The normalized spacial score (nSPS) is 18.7. The highest BCUT2D eigenvalue weighted by Gasteiger charge is 2.38. The van der Waals surface area contributed by atoms with E-state index in [4.69, 9.17) is 23.2 Å². The smallest absolute Gasteiger partial charge is 0.407 e. The van der Waals surface area contributed by atoms with Gasteiger partial charge in [-0.15, -0.1) is 0 Å². The van der Waals surface area contributed by atoms with Gasteiger partial charge in [-0.25, -0.2) is 9.48 Å². The molecular formula is C19H24Cl2N4O2. The van der Waals surface area contributed by atoms with Crippen LogP contribution in [0.1, 0.15) is 26.3 Å². The van der Waals surface area contributed by atoms with Crippen molar-refractivity contribution >= 4 is 29.3 Å². The van der Waals surface area contributed by atoms with Gasteiger partial charge in [-0.2, -0.15) is 5.10 Å². The summed E-state index contributed by atoms with van der Waals surface area (Å²) in [6, 6.07) is 5.65. The SMILES string of the molecule is CC(C)(C)C1CN(Cc2ccc(Cl)cc2-n2cc(Cl)cn2)CCN1C(=O)O. The molecule has 0 radical (unpaired) electrons. The molecular weight excluding hydrogens is 387 g/mol. The molecule has 1 fully saturated rings. The number of aromatic nitrogens is 2. The second-order valence-corrected chi connectivity index (χ2v) is 8.84. The molecule has 1 amide bonds. The van der Waals surface area contributed by atoms with Crippen LogP contribution >= 0.6 is 23.2 Å². The van der Waals surface area contributed by atoms with Gasteiger partial charge in [0.2, 0.25) is 0 Å². The number of carbonyl (C=O) groups is 1. The molecule has 1 aliphatic heterocycles. The van der Waals surface area contributed by atoms with Gasteiger partial charge in [0, 0.05) is 37.4 Å². The molecule has 2 heterocycles. The molecule has 1 aromatic carbocycles. The zero-order valence-electron chi connectivity index (χ0n) is 15.7. The topological polar surface area (TPSA) is 61.6 Å². The lowest BCUT2D eigenvalue weighted by atomic mass is 9.84. The Labute approximate surface area is 169 Å². The second kappa shape index (κ2) is 7.70. The van der Waals surface area contributed by atoms with Crippen molar-refractivity contribution in [3.05, 3.63) is 46.2 Å². The fourth-order valence-corrected chi connectivity index (χ4v) is 3.81. The van der Waals surface area contributed by atoms with Gasteiger partial charge < -0.3 is 10.0 Å². The minimum atomic E-state index is -0.854. The molecule has 6 nitrogen and oxygen atoms in total. The first-order valence-electron chi connectivity index (χ1n) is 8.86. The van der Waals surface area contributed by atoms with E-state index < -0.39 is 6.09 Å². The van der Waals surface area contributed by atoms with Gasteiger partial charge in [0.15, 0.2) is 0 Å². The van der Waals surface area contributed by atoms with Crippen LogP contribution in [-0.2, 0) is 6.54 Å². The summed E-state index contributed by atoms with van der Waals surface area (Å²) in [4.78, 5) is 15.5. The first kappa shape index (κ1) is 20.0. The Bertz CT molecular complexity index is 831. The maximum absolute atomic E-state index is 11.6. The monoisotopic (exact) mass is 410 g/mol. The average molecular weight is 411 g/mol. The number of nitrogens with zero attached hydrogens (tertiary/aromatic N) is 4. The van der Waals surface area contributed by atoms with E-state index >= 15 is 0 Å². The van der Waals surface area contributed by atoms with Crippen LogP contribution in [0, 0.1) is 5.41 Å². The number of carboxylic acid groups (broad SMARTS) is 1. The zero-order valence-corrected chi connectivity index (χ0v) is 17.2. The number of hydrogen-bond donors (Lipinski definition) is 1. The van der Waals surface area contributed by atoms with Crippen molar-refractivity contribution in [2.24, 2.45) is 5.41 Å². The lowest BCUT2D eigenvalue weighted by molar-refractivity contribution is 0.0190. The van der Waals surface area contributed by atoms with Gasteiger partial charge in [-0.1, -0.05) is 50.0 Å². The van der Waals surface area contributed by atoms with Gasteiger partial charge in [0.05, 0.1) is 22.9 Å². The van der Waals surface area contributed by atoms with Gasteiger partial charge in [-0.3, -0.25) is 4.90 Å². The minimum absolute atomic E-state index is 0.0707. The highest BCUT2D eigenvalue weighted by atomic mass is 35.5. The van der Waals surface area contributed by atoms with E-state index in [1.54, 1.807) is 22.0 Å². The van der Waals surface area contributed by atoms with Crippen LogP contribution in [0.15, 0.2) is 30.6 Å². The van der Waals surface area contributed by atoms with Crippen molar-refractivity contribution in [3.8, 4) is 5.69 Å². The fraction of sp³-hybridized carbons (Fsp3) is 0.474. The number of piperazine rings is 1. The highest BCUT2D eigenvalue weighted by molar-refractivity contribution is 6.31. The van der Waals surface area contributed by atoms with Gasteiger partial charge in [0.1, 0.15) is 0 Å². The summed E-state index contributed by atoms with van der Waals surface area (Å²) in [6.07, 6.45) is 2.48. The van der Waals surface area contributed by atoms with E-state index in [2.05, 4.69) is 30.8 Å². The summed E-state index contributed by atoms with van der Waals surface area (Å²) >= 11 is 12.2. The molecule has 1 saturated heterocycles. The molecule has 0 saturated carbocycles. The number of amides is 1. The van der Waals surface area contributed by atoms with Crippen LogP contribution in [0.2, 0.25) is 10.0 Å². The van der Waals surface area contributed by atoms with Crippen molar-refractivity contribution in [2.75, 3.05) is 19.6 Å². The predicted octanol–water partition coefficient (Wildman–Crippen LogP) is 4.39. The Morgan fingerprint density at radius 2 is 2.00 bits per heavy atom. The quantitative estimate of drug-likeness (QED) is 0.814. The van der Waals surface area contributed by atoms with Crippen LogP contribution in [0.3, 0.4) is 0 Å². The lowest BCUT2D eigenvalue weighted by Gasteiger charge is -2.46. The van der Waals surface area contributed by atoms with Crippen molar-refractivity contribution < 1.29 is 9.90 Å². The maximum atomic E-state index is 11.6. The van der Waals surface area contributed by atoms with Crippen molar-refractivity contribution in [3.63, 3.8) is 0 Å². The Morgan fingerprint density at radius 1 is 1.26 bits per heavy atom. The summed E-state index contributed by atoms with van der Waals surface area (Å²) in [5.74, 6) is 0. The minimum Gasteiger partial charge on any atom is -0.465 e. The van der Waals surface area contributed by atoms with Gasteiger partial charge >= 0.3 is 6.09 Å². The number of hydrogen-bond acceptors (Lipinski definition) is 3. The summed E-state index contributed by atoms with van der Waals surface area (Å²) in [5.41, 5.74) is 1.80. The van der Waals surface area contributed by atoms with Crippen LogP contribution in [0.25, 0.3) is 5.69 Å². The lowest BCUT2D eigenvalue weighted by Crippen LogP contribution is -2.59. The first-order valence-corrected chi connectivity index (χ1v) is 9.61. The molecule has 27 heavy (non-hydrogen) atoms. The largest absolute Gasteiger partial charge is 0.465 e. The van der Waals surface area contributed by atoms with E-state index in [1.807, 2.05) is 18.2 Å². The van der Waals surface area contributed by atoms with Crippen LogP contribution in [0.4, 0.5) is 4.79 Å². The van der Waals surface area contributed by atoms with E-state index in [1.165, 1.54) is 0 Å². The third-order valence-corrected chi connectivity index (χ3v) is 5.38. The molecule has 1 atom stereocenters. The Kier molecular flexibility index (Phi) is 5.70. The molecule has 0 bridgehead atoms. The maximum Gasteiger partial charge on any atom is 0.407 e. The fourth-order valence-electron chi connectivity index (χ4n) is 3.51. The molecule has 1 aliphatic rings. The molecule has 0 aliphatic carbocycles. The summed E-state index contributed by atoms with van der Waals surface area (Å²) in [7, 11) is 0. The number of rotatable bonds is 3. The number of benzene rings is 1. The third-order valence-electron chi connectivity index (χ3n) is 4.95. The van der Waals surface area contributed by atoms with E-state index in [0.717, 1.165) is 11.3 Å². The molecule has 2 aromatic rings. The molecule has 8 heteroatoms. The Balaban J connectivity index is 1.85. The number of halogens is 2. The van der Waals surface area contributed by atoms with Crippen LogP contribution in [0.5, 0.6) is 0 Å². The Morgan fingerprint density at radius 3 is 2.59 bits per heavy atom. The van der Waals surface area contributed by atoms with Crippen molar-refractivity contribution in [1.82, 2.24) is 19.6 Å². The Hall–Kier alpha value is -1.76. The van der Waals surface area contributed by atoms with Gasteiger partial charge in [0.25, 0.3) is 0 Å². The molecule has 1 aromatic heterocycles. The third kappa shape index (κ3) is 4.57. The van der Waals surface area contributed by atoms with Crippen LogP contribution < -0.4 is 0 Å². The molecule has 0 spiro atoms. The summed E-state index contributed by atoms with van der Waals surface area (Å²) < 4.78 is 1.72. The zero-order chi connectivity index (χ0) is 19.8. The van der Waals surface area contributed by atoms with E-state index in [9.17, 15) is 9.90 Å². The predicted molar refractivity (Wildman–Crippen MR) is 107 cm³/mol. The standard InChI is InChI=1S/C19H24Cl2N4O2/c1-19(2,3)17-12-23(6-7-24(17)18(26)27)10-13-4-5-14(20)8-16(13)25-11-15(21)9-22-25/h4-5,8-9,11,17H,6-7,10,12H2,1-3H3,(H,26,27). The second-order valence-electron chi connectivity index (χ2n) is 7.97. The van der Waals surface area contributed by atoms with Crippen LogP contribution in [-0.4, -0.2) is 56.5 Å². The van der Waals surface area contributed by atoms with E-state index in [-0.39, 0.29) is 11.5 Å². The summed E-state index contributed by atoms with van der Waals surface area (Å²) in [6.45, 7) is 8.78. The first-order chi connectivity index (χ1) is 12.6. The molecule has 146 valence electrons. The molecule has 1 N–H and O–H groups in total. The highest BCUT2D eigenvalue weighted by Crippen LogP contribution is 2.29.